The standard InChI is InChI=1S/C20H21N3O2/c1-21-10-13-9-15-14-4-2-3-5-16(14)23-20(15)19(22-13)12-6-7-17-18(8-12)25-11-24-17/h2-8,13,19,21-23H,9-11H2,1H3/t13-,19-/m1/s1. The van der Waals surface area contributed by atoms with Crippen molar-refractivity contribution in [2.24, 2.45) is 0 Å². The van der Waals surface area contributed by atoms with Crippen LogP contribution in [0.5, 0.6) is 11.5 Å². The van der Waals surface area contributed by atoms with Gasteiger partial charge in [-0.25, -0.2) is 0 Å². The van der Waals surface area contributed by atoms with Crippen LogP contribution in [0.4, 0.5) is 0 Å². The van der Waals surface area contributed by atoms with Gasteiger partial charge in [-0.2, -0.15) is 0 Å². The Kier molecular flexibility index (Phi) is 3.43. The van der Waals surface area contributed by atoms with Crippen molar-refractivity contribution in [1.29, 1.82) is 0 Å². The predicted molar refractivity (Wildman–Crippen MR) is 97.3 cm³/mol. The first kappa shape index (κ1) is 14.8. The highest BCUT2D eigenvalue weighted by Crippen LogP contribution is 2.39. The second-order valence-electron chi connectivity index (χ2n) is 6.73. The Hall–Kier alpha value is -2.50. The molecule has 0 aliphatic carbocycles. The van der Waals surface area contributed by atoms with Gasteiger partial charge in [0, 0.05) is 29.2 Å². The molecular formula is C20H21N3O2. The van der Waals surface area contributed by atoms with Crippen LogP contribution in [0, 0.1) is 0 Å². The molecule has 0 fully saturated rings. The molecule has 2 aliphatic rings. The Labute approximate surface area is 146 Å². The summed E-state index contributed by atoms with van der Waals surface area (Å²) in [5, 5.41) is 8.42. The third-order valence-electron chi connectivity index (χ3n) is 5.17. The molecule has 2 atom stereocenters. The molecule has 0 spiro atoms. The summed E-state index contributed by atoms with van der Waals surface area (Å²) in [5.74, 6) is 1.65. The molecule has 128 valence electrons. The summed E-state index contributed by atoms with van der Waals surface area (Å²) < 4.78 is 11.0. The second kappa shape index (κ2) is 5.79. The lowest BCUT2D eigenvalue weighted by molar-refractivity contribution is 0.174. The van der Waals surface area contributed by atoms with Crippen molar-refractivity contribution < 1.29 is 9.47 Å². The molecule has 0 bridgehead atoms. The molecule has 0 saturated heterocycles. The van der Waals surface area contributed by atoms with Gasteiger partial charge in [0.05, 0.1) is 6.04 Å². The van der Waals surface area contributed by atoms with E-state index in [1.807, 2.05) is 13.1 Å². The van der Waals surface area contributed by atoms with Gasteiger partial charge in [0.1, 0.15) is 0 Å². The van der Waals surface area contributed by atoms with Gasteiger partial charge in [0.2, 0.25) is 6.79 Å². The molecule has 2 aliphatic heterocycles. The van der Waals surface area contributed by atoms with Crippen LogP contribution >= 0.6 is 0 Å². The lowest BCUT2D eigenvalue weighted by Gasteiger charge is -2.32. The van der Waals surface area contributed by atoms with Gasteiger partial charge < -0.3 is 25.1 Å². The Morgan fingerprint density at radius 2 is 2.00 bits per heavy atom. The summed E-state index contributed by atoms with van der Waals surface area (Å²) in [6.07, 6.45) is 1.02. The van der Waals surface area contributed by atoms with Crippen LogP contribution in [-0.2, 0) is 6.42 Å². The van der Waals surface area contributed by atoms with Crippen LogP contribution < -0.4 is 20.1 Å². The summed E-state index contributed by atoms with van der Waals surface area (Å²) in [4.78, 5) is 3.64. The zero-order valence-electron chi connectivity index (χ0n) is 14.1. The molecule has 25 heavy (non-hydrogen) atoms. The van der Waals surface area contributed by atoms with E-state index in [1.54, 1.807) is 0 Å². The number of nitrogens with one attached hydrogen (secondary N) is 3. The minimum Gasteiger partial charge on any atom is -0.454 e. The van der Waals surface area contributed by atoms with Crippen LogP contribution in [0.25, 0.3) is 10.9 Å². The molecule has 0 saturated carbocycles. The second-order valence-corrected chi connectivity index (χ2v) is 6.73. The first-order chi connectivity index (χ1) is 12.3. The number of para-hydroxylation sites is 1. The van der Waals surface area contributed by atoms with E-state index in [1.165, 1.54) is 27.7 Å². The summed E-state index contributed by atoms with van der Waals surface area (Å²) in [7, 11) is 2.00. The zero-order chi connectivity index (χ0) is 16.8. The molecular weight excluding hydrogens is 314 g/mol. The fourth-order valence-electron chi connectivity index (χ4n) is 4.04. The maximum atomic E-state index is 5.58. The quantitative estimate of drug-likeness (QED) is 0.689. The fraction of sp³-hybridized carbons (Fsp3) is 0.300. The first-order valence-corrected chi connectivity index (χ1v) is 8.73. The summed E-state index contributed by atoms with van der Waals surface area (Å²) in [6.45, 7) is 1.23. The molecule has 5 nitrogen and oxygen atoms in total. The molecule has 0 amide bonds. The largest absolute Gasteiger partial charge is 0.454 e. The van der Waals surface area contributed by atoms with Crippen molar-refractivity contribution in [3.05, 3.63) is 59.3 Å². The van der Waals surface area contributed by atoms with Crippen LogP contribution in [0.15, 0.2) is 42.5 Å². The van der Waals surface area contributed by atoms with Gasteiger partial charge in [-0.3, -0.25) is 0 Å². The molecule has 5 heteroatoms. The third kappa shape index (κ3) is 2.39. The molecule has 0 radical (unpaired) electrons. The molecule has 0 unspecified atom stereocenters. The number of hydrogen-bond acceptors (Lipinski definition) is 4. The first-order valence-electron chi connectivity index (χ1n) is 8.73. The molecule has 1 aromatic heterocycles. The SMILES string of the molecule is CNC[C@H]1Cc2c([nH]c3ccccc23)[C@@H](c2ccc3c(c2)OCO3)N1. The van der Waals surface area contributed by atoms with Gasteiger partial charge >= 0.3 is 0 Å². The minimum absolute atomic E-state index is 0.115. The van der Waals surface area contributed by atoms with Crippen molar-refractivity contribution in [2.45, 2.75) is 18.5 Å². The Morgan fingerprint density at radius 1 is 1.12 bits per heavy atom. The van der Waals surface area contributed by atoms with E-state index < -0.39 is 0 Å². The van der Waals surface area contributed by atoms with E-state index in [0.29, 0.717) is 12.8 Å². The maximum absolute atomic E-state index is 5.58. The normalized spacial score (nSPS) is 21.5. The highest BCUT2D eigenvalue weighted by atomic mass is 16.7. The average Bonchev–Trinajstić information content (AvgIpc) is 3.25. The monoisotopic (exact) mass is 335 g/mol. The van der Waals surface area contributed by atoms with Crippen molar-refractivity contribution in [1.82, 2.24) is 15.6 Å². The van der Waals surface area contributed by atoms with Crippen molar-refractivity contribution >= 4 is 10.9 Å². The summed E-state index contributed by atoms with van der Waals surface area (Å²) in [5.41, 5.74) is 5.06. The molecule has 2 aromatic carbocycles. The van der Waals surface area contributed by atoms with Gasteiger partial charge in [-0.05, 0) is 42.8 Å². The highest BCUT2D eigenvalue weighted by molar-refractivity contribution is 5.85. The van der Waals surface area contributed by atoms with E-state index in [9.17, 15) is 0 Å². The van der Waals surface area contributed by atoms with Gasteiger partial charge in [0.25, 0.3) is 0 Å². The minimum atomic E-state index is 0.115. The smallest absolute Gasteiger partial charge is 0.231 e. The fourth-order valence-corrected chi connectivity index (χ4v) is 4.04. The lowest BCUT2D eigenvalue weighted by atomic mass is 9.90. The molecule has 5 rings (SSSR count). The maximum Gasteiger partial charge on any atom is 0.231 e. The number of aromatic nitrogens is 1. The Morgan fingerprint density at radius 3 is 2.92 bits per heavy atom. The van der Waals surface area contributed by atoms with Gasteiger partial charge in [0.15, 0.2) is 11.5 Å². The van der Waals surface area contributed by atoms with E-state index in [4.69, 9.17) is 9.47 Å². The van der Waals surface area contributed by atoms with E-state index >= 15 is 0 Å². The number of hydrogen-bond donors (Lipinski definition) is 3. The zero-order valence-corrected chi connectivity index (χ0v) is 14.1. The topological polar surface area (TPSA) is 58.3 Å². The van der Waals surface area contributed by atoms with Crippen LogP contribution in [0.2, 0.25) is 0 Å². The van der Waals surface area contributed by atoms with Crippen molar-refractivity contribution in [3.63, 3.8) is 0 Å². The Balaban J connectivity index is 1.63. The number of H-pyrrole nitrogens is 1. The van der Waals surface area contributed by atoms with Gasteiger partial charge in [-0.1, -0.05) is 24.3 Å². The van der Waals surface area contributed by atoms with E-state index in [2.05, 4.69) is 52.0 Å². The van der Waals surface area contributed by atoms with Crippen LogP contribution in [0.3, 0.4) is 0 Å². The van der Waals surface area contributed by atoms with E-state index in [-0.39, 0.29) is 6.04 Å². The number of benzene rings is 2. The lowest BCUT2D eigenvalue weighted by Crippen LogP contribution is -2.45. The van der Waals surface area contributed by atoms with Crippen molar-refractivity contribution in [2.75, 3.05) is 20.4 Å². The molecule has 3 N–H and O–H groups in total. The summed E-state index contributed by atoms with van der Waals surface area (Å²) >= 11 is 0. The predicted octanol–water partition coefficient (Wildman–Crippen LogP) is 2.72. The average molecular weight is 335 g/mol. The Bertz CT molecular complexity index is 934. The highest BCUT2D eigenvalue weighted by Gasteiger charge is 2.31. The van der Waals surface area contributed by atoms with Crippen LogP contribution in [0.1, 0.15) is 22.9 Å². The van der Waals surface area contributed by atoms with Gasteiger partial charge in [-0.15, -0.1) is 0 Å². The van der Waals surface area contributed by atoms with E-state index in [0.717, 1.165) is 24.5 Å². The number of aromatic amines is 1. The van der Waals surface area contributed by atoms with Crippen LogP contribution in [-0.4, -0.2) is 31.4 Å². The number of rotatable bonds is 3. The number of fused-ring (bicyclic) bond motifs is 4. The number of likely N-dealkylation sites (N-methyl/N-ethyl adjacent to an activating group) is 1. The van der Waals surface area contributed by atoms with Crippen molar-refractivity contribution in [3.8, 4) is 11.5 Å². The third-order valence-corrected chi connectivity index (χ3v) is 5.17. The molecule has 3 heterocycles. The summed E-state index contributed by atoms with van der Waals surface area (Å²) in [6, 6.07) is 15.3. The number of ether oxygens (including phenoxy) is 2. The molecule has 3 aromatic rings.